The Balaban J connectivity index is 1.67. The number of ether oxygens (including phenoxy) is 1. The smallest absolute Gasteiger partial charge is 0.119 e. The zero-order valence-electron chi connectivity index (χ0n) is 13.2. The van der Waals surface area contributed by atoms with Gasteiger partial charge < -0.3 is 15.2 Å². The molecule has 2 rings (SSSR count). The SMILES string of the molecule is CC1(C)CN(CCCCOc2ccccc2)C(CO)CN1. The number of aliphatic hydroxyl groups is 1. The van der Waals surface area contributed by atoms with Crippen LogP contribution in [0.2, 0.25) is 0 Å². The molecule has 1 unspecified atom stereocenters. The van der Waals surface area contributed by atoms with Crippen LogP contribution < -0.4 is 10.1 Å². The van der Waals surface area contributed by atoms with Crippen molar-refractivity contribution in [3.05, 3.63) is 30.3 Å². The number of piperazine rings is 1. The van der Waals surface area contributed by atoms with Crippen LogP contribution in [0.15, 0.2) is 30.3 Å². The number of hydrogen-bond acceptors (Lipinski definition) is 4. The number of unbranched alkanes of at least 4 members (excludes halogenated alkanes) is 1. The van der Waals surface area contributed by atoms with Crippen molar-refractivity contribution >= 4 is 0 Å². The maximum atomic E-state index is 9.48. The molecule has 1 aliphatic rings. The zero-order valence-corrected chi connectivity index (χ0v) is 13.2. The van der Waals surface area contributed by atoms with Crippen LogP contribution >= 0.6 is 0 Å². The average molecular weight is 292 g/mol. The summed E-state index contributed by atoms with van der Waals surface area (Å²) >= 11 is 0. The summed E-state index contributed by atoms with van der Waals surface area (Å²) in [6, 6.07) is 10.2. The number of nitrogens with one attached hydrogen (secondary N) is 1. The van der Waals surface area contributed by atoms with E-state index in [4.69, 9.17) is 4.74 Å². The van der Waals surface area contributed by atoms with Gasteiger partial charge in [-0.25, -0.2) is 0 Å². The van der Waals surface area contributed by atoms with Gasteiger partial charge in [0, 0.05) is 24.7 Å². The van der Waals surface area contributed by atoms with Crippen LogP contribution in [0.3, 0.4) is 0 Å². The lowest BCUT2D eigenvalue weighted by atomic mass is 9.98. The molecule has 1 aromatic rings. The van der Waals surface area contributed by atoms with Crippen LogP contribution in [-0.2, 0) is 0 Å². The summed E-state index contributed by atoms with van der Waals surface area (Å²) in [5.74, 6) is 0.939. The minimum Gasteiger partial charge on any atom is -0.494 e. The molecule has 0 radical (unpaired) electrons. The van der Waals surface area contributed by atoms with E-state index in [9.17, 15) is 5.11 Å². The van der Waals surface area contributed by atoms with Crippen molar-refractivity contribution in [1.29, 1.82) is 0 Å². The summed E-state index contributed by atoms with van der Waals surface area (Å²) in [7, 11) is 0. The lowest BCUT2D eigenvalue weighted by Crippen LogP contribution is -2.62. The van der Waals surface area contributed by atoms with E-state index in [2.05, 4.69) is 24.1 Å². The topological polar surface area (TPSA) is 44.7 Å². The zero-order chi connectivity index (χ0) is 15.1. The first-order valence-corrected chi connectivity index (χ1v) is 7.88. The molecular weight excluding hydrogens is 264 g/mol. The molecule has 0 amide bonds. The van der Waals surface area contributed by atoms with Crippen molar-refractivity contribution in [2.24, 2.45) is 0 Å². The Labute approximate surface area is 128 Å². The Bertz CT molecular complexity index is 409. The summed E-state index contributed by atoms with van der Waals surface area (Å²) in [5, 5.41) is 13.0. The number of benzene rings is 1. The largest absolute Gasteiger partial charge is 0.494 e. The number of nitrogens with zero attached hydrogens (tertiary/aromatic N) is 1. The van der Waals surface area contributed by atoms with E-state index in [0.717, 1.165) is 44.8 Å². The van der Waals surface area contributed by atoms with E-state index < -0.39 is 0 Å². The quantitative estimate of drug-likeness (QED) is 0.753. The Hall–Kier alpha value is -1.10. The second kappa shape index (κ2) is 7.78. The predicted octanol–water partition coefficient (Wildman–Crippen LogP) is 1.89. The highest BCUT2D eigenvalue weighted by Crippen LogP contribution is 2.16. The van der Waals surface area contributed by atoms with Gasteiger partial charge in [-0.05, 0) is 45.4 Å². The Morgan fingerprint density at radius 3 is 2.76 bits per heavy atom. The van der Waals surface area contributed by atoms with Crippen LogP contribution in [0, 0.1) is 0 Å². The Kier molecular flexibility index (Phi) is 6.03. The van der Waals surface area contributed by atoms with E-state index in [1.807, 2.05) is 30.3 Å². The van der Waals surface area contributed by atoms with Crippen molar-refractivity contribution in [1.82, 2.24) is 10.2 Å². The normalized spacial score (nSPS) is 22.1. The third kappa shape index (κ3) is 5.30. The van der Waals surface area contributed by atoms with Gasteiger partial charge in [-0.15, -0.1) is 0 Å². The van der Waals surface area contributed by atoms with Gasteiger partial charge in [0.15, 0.2) is 0 Å². The van der Waals surface area contributed by atoms with Gasteiger partial charge in [0.05, 0.1) is 13.2 Å². The van der Waals surface area contributed by atoms with E-state index >= 15 is 0 Å². The molecule has 1 atom stereocenters. The molecule has 4 nitrogen and oxygen atoms in total. The second-order valence-corrected chi connectivity index (χ2v) is 6.44. The van der Waals surface area contributed by atoms with Crippen LogP contribution in [0.4, 0.5) is 0 Å². The fourth-order valence-electron chi connectivity index (χ4n) is 2.78. The van der Waals surface area contributed by atoms with Gasteiger partial charge in [0.2, 0.25) is 0 Å². The van der Waals surface area contributed by atoms with Gasteiger partial charge in [-0.1, -0.05) is 18.2 Å². The molecule has 21 heavy (non-hydrogen) atoms. The number of para-hydroxylation sites is 1. The molecule has 2 N–H and O–H groups in total. The summed E-state index contributed by atoms with van der Waals surface area (Å²) in [5.41, 5.74) is 0.131. The second-order valence-electron chi connectivity index (χ2n) is 6.44. The fourth-order valence-corrected chi connectivity index (χ4v) is 2.78. The molecule has 4 heteroatoms. The van der Waals surface area contributed by atoms with Gasteiger partial charge in [0.25, 0.3) is 0 Å². The Morgan fingerprint density at radius 2 is 2.05 bits per heavy atom. The molecule has 1 heterocycles. The summed E-state index contributed by atoms with van der Waals surface area (Å²) in [6.07, 6.45) is 2.14. The molecule has 0 saturated carbocycles. The highest BCUT2D eigenvalue weighted by atomic mass is 16.5. The molecular formula is C17H28N2O2. The number of hydrogen-bond donors (Lipinski definition) is 2. The number of rotatable bonds is 7. The van der Waals surface area contributed by atoms with Crippen molar-refractivity contribution in [2.75, 3.05) is 32.8 Å². The summed E-state index contributed by atoms with van der Waals surface area (Å²) in [6.45, 7) is 8.28. The van der Waals surface area contributed by atoms with Crippen LogP contribution in [0.25, 0.3) is 0 Å². The number of aliphatic hydroxyl groups excluding tert-OH is 1. The van der Waals surface area contributed by atoms with E-state index in [1.165, 1.54) is 0 Å². The molecule has 1 aliphatic heterocycles. The van der Waals surface area contributed by atoms with E-state index in [-0.39, 0.29) is 18.2 Å². The lowest BCUT2D eigenvalue weighted by molar-refractivity contribution is 0.0552. The molecule has 0 spiro atoms. The first-order valence-electron chi connectivity index (χ1n) is 7.88. The highest BCUT2D eigenvalue weighted by molar-refractivity contribution is 5.20. The van der Waals surface area contributed by atoms with Crippen molar-refractivity contribution in [2.45, 2.75) is 38.3 Å². The standard InChI is InChI=1S/C17H28N2O2/c1-17(2)14-19(15(13-20)12-18-17)10-6-7-11-21-16-8-4-3-5-9-16/h3-5,8-9,15,18,20H,6-7,10-14H2,1-2H3. The van der Waals surface area contributed by atoms with Crippen molar-refractivity contribution in [3.8, 4) is 5.75 Å². The van der Waals surface area contributed by atoms with Crippen LogP contribution in [0.5, 0.6) is 5.75 Å². The maximum Gasteiger partial charge on any atom is 0.119 e. The minimum atomic E-state index is 0.131. The molecule has 118 valence electrons. The van der Waals surface area contributed by atoms with E-state index in [0.29, 0.717) is 0 Å². The third-order valence-electron chi connectivity index (χ3n) is 3.99. The maximum absolute atomic E-state index is 9.48. The summed E-state index contributed by atoms with van der Waals surface area (Å²) in [4.78, 5) is 2.40. The highest BCUT2D eigenvalue weighted by Gasteiger charge is 2.31. The average Bonchev–Trinajstić information content (AvgIpc) is 2.47. The molecule has 0 bridgehead atoms. The van der Waals surface area contributed by atoms with Crippen molar-refractivity contribution in [3.63, 3.8) is 0 Å². The molecule has 0 aromatic heterocycles. The monoisotopic (exact) mass is 292 g/mol. The predicted molar refractivity (Wildman–Crippen MR) is 85.7 cm³/mol. The van der Waals surface area contributed by atoms with E-state index in [1.54, 1.807) is 0 Å². The minimum absolute atomic E-state index is 0.131. The molecule has 1 aromatic carbocycles. The molecule has 1 saturated heterocycles. The third-order valence-corrected chi connectivity index (χ3v) is 3.99. The van der Waals surface area contributed by atoms with Crippen molar-refractivity contribution < 1.29 is 9.84 Å². The van der Waals surface area contributed by atoms with Gasteiger partial charge >= 0.3 is 0 Å². The lowest BCUT2D eigenvalue weighted by Gasteiger charge is -2.44. The van der Waals surface area contributed by atoms with Crippen LogP contribution in [0.1, 0.15) is 26.7 Å². The Morgan fingerprint density at radius 1 is 1.29 bits per heavy atom. The first-order chi connectivity index (χ1) is 10.1. The first kappa shape index (κ1) is 16.3. The molecule has 1 fully saturated rings. The molecule has 0 aliphatic carbocycles. The van der Waals surface area contributed by atoms with Crippen LogP contribution in [-0.4, -0.2) is 54.4 Å². The van der Waals surface area contributed by atoms with Gasteiger partial charge in [0.1, 0.15) is 5.75 Å². The van der Waals surface area contributed by atoms with Gasteiger partial charge in [-0.3, -0.25) is 4.90 Å². The summed E-state index contributed by atoms with van der Waals surface area (Å²) < 4.78 is 5.71. The van der Waals surface area contributed by atoms with Gasteiger partial charge in [-0.2, -0.15) is 0 Å². The fraction of sp³-hybridized carbons (Fsp3) is 0.647.